The van der Waals surface area contributed by atoms with Crippen molar-refractivity contribution < 1.29 is 4.79 Å². The Bertz CT molecular complexity index is 1170. The highest BCUT2D eigenvalue weighted by Gasteiger charge is 2.18. The van der Waals surface area contributed by atoms with Crippen LogP contribution >= 0.6 is 0 Å². The molecule has 0 atom stereocenters. The Hall–Kier alpha value is -4.16. The summed E-state index contributed by atoms with van der Waals surface area (Å²) in [7, 11) is 0. The quantitative estimate of drug-likeness (QED) is 0.705. The van der Waals surface area contributed by atoms with E-state index in [1.54, 1.807) is 12.2 Å². The molecule has 154 valence electrons. The summed E-state index contributed by atoms with van der Waals surface area (Å²) in [5.74, 6) is -0.171. The molecular weight excluding hydrogens is 386 g/mol. The number of nitrogens with zero attached hydrogens (tertiary/aromatic N) is 4. The fraction of sp³-hybridized carbons (Fsp3) is 0.200. The van der Waals surface area contributed by atoms with Crippen LogP contribution in [0.1, 0.15) is 31.9 Å². The van der Waals surface area contributed by atoms with Crippen LogP contribution in [0.5, 0.6) is 0 Å². The van der Waals surface area contributed by atoms with Crippen molar-refractivity contribution in [1.29, 1.82) is 10.5 Å². The zero-order valence-corrected chi connectivity index (χ0v) is 17.8. The van der Waals surface area contributed by atoms with E-state index in [2.05, 4.69) is 24.1 Å². The molecule has 1 amide bonds. The van der Waals surface area contributed by atoms with E-state index in [-0.39, 0.29) is 11.5 Å². The zero-order chi connectivity index (χ0) is 22.4. The maximum atomic E-state index is 11.8. The number of hydrogen-bond donors (Lipinski definition) is 1. The third-order valence-electron chi connectivity index (χ3n) is 5.05. The van der Waals surface area contributed by atoms with Crippen LogP contribution in [-0.2, 0) is 4.79 Å². The standard InChI is InChI=1S/C25H23N5O/c1-4-30(5-2)19-10-12-24(25(14-19)28-17(3)31)29-23-13-11-20(18(15-26)16-27)21-8-6-7-9-22(21)23/h6-14H,4-5H2,1-3H3,(H,28,31). The molecule has 0 unspecified atom stereocenters. The van der Waals surface area contributed by atoms with E-state index in [1.807, 2.05) is 54.6 Å². The van der Waals surface area contributed by atoms with Crippen molar-refractivity contribution in [2.45, 2.75) is 20.8 Å². The van der Waals surface area contributed by atoms with Gasteiger partial charge in [0.2, 0.25) is 5.91 Å². The highest BCUT2D eigenvalue weighted by atomic mass is 16.1. The zero-order valence-electron chi connectivity index (χ0n) is 17.8. The second-order valence-electron chi connectivity index (χ2n) is 6.94. The minimum atomic E-state index is -0.171. The Kier molecular flexibility index (Phi) is 6.64. The van der Waals surface area contributed by atoms with E-state index in [9.17, 15) is 15.3 Å². The Morgan fingerprint density at radius 2 is 1.71 bits per heavy atom. The first-order valence-electron chi connectivity index (χ1n) is 10.1. The van der Waals surface area contributed by atoms with Crippen LogP contribution in [-0.4, -0.2) is 24.7 Å². The topological polar surface area (TPSA) is 92.3 Å². The molecule has 0 heterocycles. The minimum Gasteiger partial charge on any atom is -0.372 e. The lowest BCUT2D eigenvalue weighted by Crippen LogP contribution is -2.22. The van der Waals surface area contributed by atoms with Crippen molar-refractivity contribution in [1.82, 2.24) is 0 Å². The maximum Gasteiger partial charge on any atom is 0.221 e. The number of benzene rings is 2. The van der Waals surface area contributed by atoms with Crippen LogP contribution in [0.25, 0.3) is 5.57 Å². The Morgan fingerprint density at radius 3 is 2.32 bits per heavy atom. The van der Waals surface area contributed by atoms with E-state index >= 15 is 0 Å². The Morgan fingerprint density at radius 1 is 1.03 bits per heavy atom. The van der Waals surface area contributed by atoms with Gasteiger partial charge in [0.1, 0.15) is 17.7 Å². The van der Waals surface area contributed by atoms with E-state index in [0.29, 0.717) is 22.7 Å². The highest BCUT2D eigenvalue weighted by molar-refractivity contribution is 6.17. The van der Waals surface area contributed by atoms with E-state index < -0.39 is 0 Å². The van der Waals surface area contributed by atoms with E-state index in [4.69, 9.17) is 4.99 Å². The van der Waals surface area contributed by atoms with E-state index in [0.717, 1.165) is 29.9 Å². The number of nitriles is 2. The number of nitrogens with one attached hydrogen (secondary N) is 1. The lowest BCUT2D eigenvalue weighted by Gasteiger charge is -2.22. The molecule has 0 aromatic heterocycles. The van der Waals surface area contributed by atoms with Crippen molar-refractivity contribution in [3.05, 3.63) is 71.3 Å². The summed E-state index contributed by atoms with van der Waals surface area (Å²) < 4.78 is 0. The molecule has 1 aliphatic carbocycles. The van der Waals surface area contributed by atoms with Crippen LogP contribution in [0.3, 0.4) is 0 Å². The molecular formula is C25H23N5O. The third-order valence-corrected chi connectivity index (χ3v) is 5.05. The normalized spacial score (nSPS) is 13.2. The van der Waals surface area contributed by atoms with Crippen molar-refractivity contribution in [3.8, 4) is 12.1 Å². The highest BCUT2D eigenvalue weighted by Crippen LogP contribution is 2.34. The van der Waals surface area contributed by atoms with Gasteiger partial charge in [-0.3, -0.25) is 4.79 Å². The summed E-state index contributed by atoms with van der Waals surface area (Å²) >= 11 is 0. The second-order valence-corrected chi connectivity index (χ2v) is 6.94. The molecule has 0 aliphatic heterocycles. The fourth-order valence-corrected chi connectivity index (χ4v) is 3.57. The summed E-state index contributed by atoms with van der Waals surface area (Å²) in [6, 6.07) is 17.3. The number of rotatable bonds is 5. The number of amides is 1. The van der Waals surface area contributed by atoms with Gasteiger partial charge in [-0.05, 0) is 43.7 Å². The molecule has 2 aromatic rings. The van der Waals surface area contributed by atoms with Gasteiger partial charge in [-0.1, -0.05) is 30.3 Å². The number of aliphatic imine (C=N–C) groups is 1. The van der Waals surface area contributed by atoms with Crippen LogP contribution in [0.2, 0.25) is 0 Å². The lowest BCUT2D eigenvalue weighted by atomic mass is 9.88. The molecule has 0 saturated heterocycles. The Balaban J connectivity index is 2.15. The number of allylic oxidation sites excluding steroid dienone is 4. The van der Waals surface area contributed by atoms with Crippen molar-refractivity contribution in [2.75, 3.05) is 23.3 Å². The molecule has 6 heteroatoms. The minimum absolute atomic E-state index is 0.0604. The number of fused-ring (bicyclic) bond motifs is 1. The molecule has 1 aliphatic rings. The molecule has 3 rings (SSSR count). The van der Waals surface area contributed by atoms with Crippen molar-refractivity contribution in [3.63, 3.8) is 0 Å². The van der Waals surface area contributed by atoms with Gasteiger partial charge in [0.25, 0.3) is 0 Å². The molecule has 0 bridgehead atoms. The van der Waals surface area contributed by atoms with Crippen LogP contribution in [0, 0.1) is 22.7 Å². The van der Waals surface area contributed by atoms with E-state index in [1.165, 1.54) is 6.92 Å². The first-order valence-corrected chi connectivity index (χ1v) is 10.1. The number of carbonyl (C=O) groups is 1. The predicted octanol–water partition coefficient (Wildman–Crippen LogP) is 4.98. The SMILES string of the molecule is CCN(CC)c1ccc(N=C2C=CC(=C(C#N)C#N)c3ccccc32)c(NC(C)=O)c1. The smallest absolute Gasteiger partial charge is 0.221 e. The van der Waals surface area contributed by atoms with Crippen molar-refractivity contribution in [2.24, 2.45) is 4.99 Å². The first kappa shape index (κ1) is 21.5. The van der Waals surface area contributed by atoms with Gasteiger partial charge in [0, 0.05) is 36.8 Å². The summed E-state index contributed by atoms with van der Waals surface area (Å²) in [4.78, 5) is 18.8. The van der Waals surface area contributed by atoms with Gasteiger partial charge in [-0.25, -0.2) is 4.99 Å². The van der Waals surface area contributed by atoms with Gasteiger partial charge >= 0.3 is 0 Å². The Labute approximate surface area is 182 Å². The summed E-state index contributed by atoms with van der Waals surface area (Å²) in [6.45, 7) is 7.35. The van der Waals surface area contributed by atoms with Gasteiger partial charge in [-0.15, -0.1) is 0 Å². The third kappa shape index (κ3) is 4.55. The molecule has 0 fully saturated rings. The summed E-state index contributed by atoms with van der Waals surface area (Å²) in [5, 5.41) is 21.5. The molecule has 1 N–H and O–H groups in total. The molecule has 0 radical (unpaired) electrons. The summed E-state index contributed by atoms with van der Waals surface area (Å²) in [6.07, 6.45) is 3.54. The van der Waals surface area contributed by atoms with Gasteiger partial charge in [0.05, 0.1) is 17.1 Å². The molecule has 6 nitrogen and oxygen atoms in total. The van der Waals surface area contributed by atoms with Gasteiger partial charge in [0.15, 0.2) is 0 Å². The van der Waals surface area contributed by atoms with Crippen molar-refractivity contribution >= 4 is 34.3 Å². The number of anilines is 2. The molecule has 31 heavy (non-hydrogen) atoms. The number of hydrogen-bond acceptors (Lipinski definition) is 5. The van der Waals surface area contributed by atoms with Gasteiger partial charge in [-0.2, -0.15) is 10.5 Å². The lowest BCUT2D eigenvalue weighted by molar-refractivity contribution is -0.114. The van der Waals surface area contributed by atoms with Crippen LogP contribution in [0.15, 0.2) is 65.2 Å². The fourth-order valence-electron chi connectivity index (χ4n) is 3.57. The predicted molar refractivity (Wildman–Crippen MR) is 124 cm³/mol. The molecule has 0 spiro atoms. The first-order chi connectivity index (χ1) is 15.0. The summed E-state index contributed by atoms with van der Waals surface area (Å²) in [5.41, 5.74) is 5.21. The molecule has 2 aromatic carbocycles. The average Bonchev–Trinajstić information content (AvgIpc) is 2.78. The maximum absolute atomic E-state index is 11.8. The largest absolute Gasteiger partial charge is 0.372 e. The average molecular weight is 409 g/mol. The molecule has 0 saturated carbocycles. The number of carbonyl (C=O) groups excluding carboxylic acids is 1. The second kappa shape index (κ2) is 9.56. The van der Waals surface area contributed by atoms with Gasteiger partial charge < -0.3 is 10.2 Å². The van der Waals surface area contributed by atoms with Crippen LogP contribution in [0.4, 0.5) is 17.1 Å². The van der Waals surface area contributed by atoms with Crippen LogP contribution < -0.4 is 10.2 Å². The monoisotopic (exact) mass is 409 g/mol.